The van der Waals surface area contributed by atoms with Crippen molar-refractivity contribution in [2.24, 2.45) is 0 Å². The number of carbonyl (C=O) groups excluding carboxylic acids is 1. The summed E-state index contributed by atoms with van der Waals surface area (Å²) in [6, 6.07) is 13.0. The van der Waals surface area contributed by atoms with Gasteiger partial charge in [0.2, 0.25) is 15.9 Å². The van der Waals surface area contributed by atoms with Gasteiger partial charge in [0, 0.05) is 4.47 Å². The van der Waals surface area contributed by atoms with E-state index in [2.05, 4.69) is 39.4 Å². The standard InChI is InChI=1S/C21H25BrN2O3S/c1-15(17-8-7-16-5-3-4-6-18(16)13-17)23-21(25)14-24(28(2,26)27)20-11-9-19(22)10-12-20/h7-13,15H,3-6,14H2,1-2H3,(H,23,25)/t15-/m1/s1. The van der Waals surface area contributed by atoms with Crippen LogP contribution in [0, 0.1) is 0 Å². The Balaban J connectivity index is 1.71. The minimum Gasteiger partial charge on any atom is -0.348 e. The number of nitrogens with zero attached hydrogens (tertiary/aromatic N) is 1. The second kappa shape index (κ2) is 8.66. The smallest absolute Gasteiger partial charge is 0.241 e. The zero-order valence-electron chi connectivity index (χ0n) is 16.1. The number of hydrogen-bond acceptors (Lipinski definition) is 3. The van der Waals surface area contributed by atoms with Gasteiger partial charge in [-0.05, 0) is 73.6 Å². The Morgan fingerprint density at radius 2 is 1.75 bits per heavy atom. The molecule has 3 rings (SSSR count). The molecule has 1 aliphatic rings. The van der Waals surface area contributed by atoms with Crippen LogP contribution in [0.1, 0.15) is 42.5 Å². The van der Waals surface area contributed by atoms with Crippen molar-refractivity contribution in [1.29, 1.82) is 0 Å². The summed E-state index contributed by atoms with van der Waals surface area (Å²) in [6.45, 7) is 1.67. The highest BCUT2D eigenvalue weighted by Crippen LogP contribution is 2.25. The highest BCUT2D eigenvalue weighted by molar-refractivity contribution is 9.10. The van der Waals surface area contributed by atoms with Crippen LogP contribution in [0.15, 0.2) is 46.9 Å². The third kappa shape index (κ3) is 5.14. The molecule has 1 amide bonds. The average Bonchev–Trinajstić information content (AvgIpc) is 2.65. The molecule has 2 aromatic carbocycles. The van der Waals surface area contributed by atoms with Gasteiger partial charge >= 0.3 is 0 Å². The number of carbonyl (C=O) groups is 1. The Kier molecular flexibility index (Phi) is 6.45. The number of aryl methyl sites for hydroxylation is 2. The van der Waals surface area contributed by atoms with Crippen LogP contribution in [-0.2, 0) is 27.7 Å². The molecule has 150 valence electrons. The predicted molar refractivity (Wildman–Crippen MR) is 116 cm³/mol. The number of halogens is 1. The maximum atomic E-state index is 12.6. The fourth-order valence-corrected chi connectivity index (χ4v) is 4.65. The normalized spacial score (nSPS) is 14.8. The molecule has 7 heteroatoms. The molecular formula is C21H25BrN2O3S. The molecule has 2 aromatic rings. The number of fused-ring (bicyclic) bond motifs is 1. The summed E-state index contributed by atoms with van der Waals surface area (Å²) in [4.78, 5) is 12.6. The molecule has 5 nitrogen and oxygen atoms in total. The highest BCUT2D eigenvalue weighted by atomic mass is 79.9. The molecule has 1 atom stereocenters. The van der Waals surface area contributed by atoms with Gasteiger partial charge in [0.15, 0.2) is 0 Å². The Hall–Kier alpha value is -1.86. The van der Waals surface area contributed by atoms with Gasteiger partial charge in [-0.2, -0.15) is 0 Å². The van der Waals surface area contributed by atoms with Crippen molar-refractivity contribution in [1.82, 2.24) is 5.32 Å². The first-order chi connectivity index (χ1) is 13.2. The van der Waals surface area contributed by atoms with Gasteiger partial charge in [-0.25, -0.2) is 8.42 Å². The number of benzene rings is 2. The molecule has 0 fully saturated rings. The molecular weight excluding hydrogens is 440 g/mol. The van der Waals surface area contributed by atoms with Gasteiger partial charge in [-0.3, -0.25) is 9.10 Å². The molecule has 0 aliphatic heterocycles. The molecule has 0 spiro atoms. The summed E-state index contributed by atoms with van der Waals surface area (Å²) in [5, 5.41) is 2.93. The minimum atomic E-state index is -3.58. The van der Waals surface area contributed by atoms with E-state index in [0.717, 1.165) is 33.4 Å². The lowest BCUT2D eigenvalue weighted by molar-refractivity contribution is -0.120. The summed E-state index contributed by atoms with van der Waals surface area (Å²) in [5.74, 6) is -0.335. The SMILES string of the molecule is C[C@@H](NC(=O)CN(c1ccc(Br)cc1)S(C)(=O)=O)c1ccc2c(c1)CCCC2. The highest BCUT2D eigenvalue weighted by Gasteiger charge is 2.22. The first-order valence-corrected chi connectivity index (χ1v) is 12.0. The zero-order chi connectivity index (χ0) is 20.3. The van der Waals surface area contributed by atoms with Crippen LogP contribution in [0.25, 0.3) is 0 Å². The molecule has 0 saturated heterocycles. The number of rotatable bonds is 6. The second-order valence-corrected chi connectivity index (χ2v) is 10.1. The Labute approximate surface area is 175 Å². The van der Waals surface area contributed by atoms with Crippen molar-refractivity contribution in [2.45, 2.75) is 38.6 Å². The molecule has 0 bridgehead atoms. The van der Waals surface area contributed by atoms with E-state index in [0.29, 0.717) is 5.69 Å². The molecule has 1 N–H and O–H groups in total. The van der Waals surface area contributed by atoms with E-state index in [1.54, 1.807) is 24.3 Å². The van der Waals surface area contributed by atoms with Crippen LogP contribution in [0.5, 0.6) is 0 Å². The fourth-order valence-electron chi connectivity index (χ4n) is 3.53. The van der Waals surface area contributed by atoms with Gasteiger partial charge in [0.05, 0.1) is 18.0 Å². The van der Waals surface area contributed by atoms with Crippen LogP contribution in [-0.4, -0.2) is 27.1 Å². The molecule has 0 aromatic heterocycles. The molecule has 0 radical (unpaired) electrons. The van der Waals surface area contributed by atoms with Gasteiger partial charge in [0.25, 0.3) is 0 Å². The van der Waals surface area contributed by atoms with E-state index in [1.807, 2.05) is 6.92 Å². The number of hydrogen-bond donors (Lipinski definition) is 1. The van der Waals surface area contributed by atoms with Gasteiger partial charge in [0.1, 0.15) is 6.54 Å². The average molecular weight is 465 g/mol. The lowest BCUT2D eigenvalue weighted by Crippen LogP contribution is -2.41. The van der Waals surface area contributed by atoms with E-state index in [4.69, 9.17) is 0 Å². The van der Waals surface area contributed by atoms with Gasteiger partial charge in [-0.1, -0.05) is 34.1 Å². The lowest BCUT2D eigenvalue weighted by Gasteiger charge is -2.24. The molecule has 0 heterocycles. The maximum absolute atomic E-state index is 12.6. The van der Waals surface area contributed by atoms with Crippen LogP contribution in [0.2, 0.25) is 0 Å². The van der Waals surface area contributed by atoms with Gasteiger partial charge < -0.3 is 5.32 Å². The van der Waals surface area contributed by atoms with Crippen molar-refractivity contribution in [3.63, 3.8) is 0 Å². The van der Waals surface area contributed by atoms with Crippen molar-refractivity contribution >= 4 is 37.5 Å². The van der Waals surface area contributed by atoms with Crippen LogP contribution < -0.4 is 9.62 Å². The molecule has 0 unspecified atom stereocenters. The maximum Gasteiger partial charge on any atom is 0.241 e. The van der Waals surface area contributed by atoms with E-state index in [-0.39, 0.29) is 18.5 Å². The van der Waals surface area contributed by atoms with E-state index in [9.17, 15) is 13.2 Å². The van der Waals surface area contributed by atoms with E-state index < -0.39 is 10.0 Å². The monoisotopic (exact) mass is 464 g/mol. The fraction of sp³-hybridized carbons (Fsp3) is 0.381. The molecule has 1 aliphatic carbocycles. The number of nitrogens with one attached hydrogen (secondary N) is 1. The molecule has 28 heavy (non-hydrogen) atoms. The van der Waals surface area contributed by atoms with Crippen LogP contribution >= 0.6 is 15.9 Å². The Bertz CT molecular complexity index is 958. The number of anilines is 1. The van der Waals surface area contributed by atoms with E-state index in [1.165, 1.54) is 24.0 Å². The number of sulfonamides is 1. The van der Waals surface area contributed by atoms with Gasteiger partial charge in [-0.15, -0.1) is 0 Å². The zero-order valence-corrected chi connectivity index (χ0v) is 18.5. The number of amides is 1. The minimum absolute atomic E-state index is 0.189. The topological polar surface area (TPSA) is 66.5 Å². The third-order valence-corrected chi connectivity index (χ3v) is 6.72. The third-order valence-electron chi connectivity index (χ3n) is 5.05. The Morgan fingerprint density at radius 3 is 2.39 bits per heavy atom. The molecule has 0 saturated carbocycles. The van der Waals surface area contributed by atoms with Crippen molar-refractivity contribution in [3.8, 4) is 0 Å². The first-order valence-electron chi connectivity index (χ1n) is 9.38. The summed E-state index contributed by atoms with van der Waals surface area (Å²) < 4.78 is 26.4. The Morgan fingerprint density at radius 1 is 1.11 bits per heavy atom. The largest absolute Gasteiger partial charge is 0.348 e. The quantitative estimate of drug-likeness (QED) is 0.702. The second-order valence-electron chi connectivity index (χ2n) is 7.27. The van der Waals surface area contributed by atoms with Crippen LogP contribution in [0.4, 0.5) is 5.69 Å². The first kappa shape index (κ1) is 20.9. The lowest BCUT2D eigenvalue weighted by atomic mass is 9.89. The summed E-state index contributed by atoms with van der Waals surface area (Å²) in [7, 11) is -3.58. The predicted octanol–water partition coefficient (Wildman–Crippen LogP) is 3.97. The summed E-state index contributed by atoms with van der Waals surface area (Å²) in [5.41, 5.74) is 4.26. The van der Waals surface area contributed by atoms with Crippen molar-refractivity contribution in [3.05, 3.63) is 63.6 Å². The summed E-state index contributed by atoms with van der Waals surface area (Å²) >= 11 is 3.33. The van der Waals surface area contributed by atoms with E-state index >= 15 is 0 Å². The summed E-state index contributed by atoms with van der Waals surface area (Å²) in [6.07, 6.45) is 5.74. The van der Waals surface area contributed by atoms with Crippen molar-refractivity contribution < 1.29 is 13.2 Å². The van der Waals surface area contributed by atoms with Crippen molar-refractivity contribution in [2.75, 3.05) is 17.1 Å². The van der Waals surface area contributed by atoms with Crippen LogP contribution in [0.3, 0.4) is 0 Å².